The van der Waals surface area contributed by atoms with Crippen LogP contribution in [0.4, 0.5) is 0 Å². The number of hydrogen-bond acceptors (Lipinski definition) is 3. The number of allylic oxidation sites excluding steroid dienone is 1. The first-order valence-corrected chi connectivity index (χ1v) is 6.30. The Balaban J connectivity index is 2.01. The summed E-state index contributed by atoms with van der Waals surface area (Å²) in [5, 5.41) is 10.8. The second-order valence-corrected chi connectivity index (χ2v) is 5.89. The van der Waals surface area contributed by atoms with Crippen molar-refractivity contribution in [3.8, 4) is 0 Å². The maximum atomic E-state index is 10.7. The number of aliphatic hydroxyl groups is 1. The average Bonchev–Trinajstić information content (AvgIpc) is 2.19. The second-order valence-electron chi connectivity index (χ2n) is 5.27. The highest BCUT2D eigenvalue weighted by Crippen LogP contribution is 2.58. The van der Waals surface area contributed by atoms with Gasteiger partial charge in [-0.1, -0.05) is 6.08 Å². The quantitative estimate of drug-likeness (QED) is 0.595. The first-order chi connectivity index (χ1) is 7.60. The monoisotopic (exact) mass is 244 g/mol. The molecule has 3 aliphatic heterocycles. The molecule has 0 amide bonds. The Bertz CT molecular complexity index is 315. The van der Waals surface area contributed by atoms with E-state index >= 15 is 0 Å². The van der Waals surface area contributed by atoms with Crippen molar-refractivity contribution in [1.82, 2.24) is 0 Å². The lowest BCUT2D eigenvalue weighted by atomic mass is 9.60. The van der Waals surface area contributed by atoms with Gasteiger partial charge in [-0.3, -0.25) is 0 Å². The van der Waals surface area contributed by atoms with Gasteiger partial charge < -0.3 is 14.6 Å². The van der Waals surface area contributed by atoms with E-state index in [9.17, 15) is 5.11 Å². The summed E-state index contributed by atoms with van der Waals surface area (Å²) in [4.78, 5) is 0. The number of alkyl halides is 1. The average molecular weight is 245 g/mol. The number of hydrogen-bond donors (Lipinski definition) is 1. The lowest BCUT2D eigenvalue weighted by molar-refractivity contribution is -0.419. The summed E-state index contributed by atoms with van der Waals surface area (Å²) >= 11 is 6.26. The zero-order chi connectivity index (χ0) is 11.4. The topological polar surface area (TPSA) is 38.7 Å². The van der Waals surface area contributed by atoms with Crippen molar-refractivity contribution in [2.75, 3.05) is 6.61 Å². The van der Waals surface area contributed by atoms with Gasteiger partial charge in [0.1, 0.15) is 6.10 Å². The van der Waals surface area contributed by atoms with Crippen molar-refractivity contribution in [3.63, 3.8) is 0 Å². The van der Waals surface area contributed by atoms with E-state index in [0.29, 0.717) is 13.0 Å². The van der Waals surface area contributed by atoms with Gasteiger partial charge in [-0.25, -0.2) is 0 Å². The molecule has 4 heteroatoms. The van der Waals surface area contributed by atoms with E-state index in [1.807, 2.05) is 6.08 Å². The van der Waals surface area contributed by atoms with Crippen molar-refractivity contribution >= 4 is 11.6 Å². The first kappa shape index (κ1) is 11.0. The molecular weight excluding hydrogens is 228 g/mol. The maximum Gasteiger partial charge on any atom is 0.198 e. The van der Waals surface area contributed by atoms with E-state index in [2.05, 4.69) is 6.58 Å². The van der Waals surface area contributed by atoms with Crippen LogP contribution in [0.25, 0.3) is 0 Å². The normalized spacial score (nSPS) is 55.0. The summed E-state index contributed by atoms with van der Waals surface area (Å²) < 4.78 is 11.5. The molecule has 90 valence electrons. The number of rotatable bonds is 2. The van der Waals surface area contributed by atoms with Crippen LogP contribution in [-0.4, -0.2) is 35.1 Å². The third kappa shape index (κ3) is 1.26. The van der Waals surface area contributed by atoms with Gasteiger partial charge in [0.15, 0.2) is 5.79 Å². The van der Waals surface area contributed by atoms with Crippen LogP contribution in [0.15, 0.2) is 12.7 Å². The Morgan fingerprint density at radius 1 is 1.50 bits per heavy atom. The molecule has 3 nitrogen and oxygen atoms in total. The van der Waals surface area contributed by atoms with Crippen LogP contribution < -0.4 is 0 Å². The number of halogens is 1. The highest BCUT2D eigenvalue weighted by Gasteiger charge is 2.66. The van der Waals surface area contributed by atoms with Gasteiger partial charge in [-0.15, -0.1) is 18.2 Å². The molecule has 4 fully saturated rings. The van der Waals surface area contributed by atoms with Gasteiger partial charge >= 0.3 is 0 Å². The summed E-state index contributed by atoms with van der Waals surface area (Å²) in [5.74, 6) is -1.15. The fourth-order valence-corrected chi connectivity index (χ4v) is 4.09. The minimum atomic E-state index is -1.15. The lowest BCUT2D eigenvalue weighted by Crippen LogP contribution is -2.72. The molecule has 0 aromatic heterocycles. The zero-order valence-corrected chi connectivity index (χ0v) is 9.95. The first-order valence-electron chi connectivity index (χ1n) is 5.86. The molecule has 3 heterocycles. The van der Waals surface area contributed by atoms with Crippen LogP contribution in [0.1, 0.15) is 25.7 Å². The molecular formula is C12H17ClO3. The smallest absolute Gasteiger partial charge is 0.198 e. The summed E-state index contributed by atoms with van der Waals surface area (Å²) in [6, 6.07) is 0. The van der Waals surface area contributed by atoms with Crippen molar-refractivity contribution < 1.29 is 14.6 Å². The Hall–Kier alpha value is -0.0900. The fourth-order valence-electron chi connectivity index (χ4n) is 3.63. The molecule has 0 radical (unpaired) electrons. The molecule has 1 unspecified atom stereocenters. The molecule has 4 rings (SSSR count). The molecule has 4 aliphatic rings. The molecule has 1 N–H and O–H groups in total. The highest BCUT2D eigenvalue weighted by molar-refractivity contribution is 6.20. The van der Waals surface area contributed by atoms with Crippen LogP contribution in [0, 0.1) is 5.41 Å². The van der Waals surface area contributed by atoms with Crippen molar-refractivity contribution in [3.05, 3.63) is 12.7 Å². The van der Waals surface area contributed by atoms with E-state index in [4.69, 9.17) is 21.1 Å². The van der Waals surface area contributed by atoms with Crippen LogP contribution in [0.3, 0.4) is 0 Å². The molecule has 0 spiro atoms. The third-order valence-electron chi connectivity index (χ3n) is 4.28. The summed E-state index contributed by atoms with van der Waals surface area (Å²) in [6.45, 7) is 4.28. The second kappa shape index (κ2) is 3.45. The molecule has 3 saturated heterocycles. The standard InChI is InChI=1S/C12H17ClO3/c1-2-3-11-5-8(13)4-10-12(11,14)15-7-9(6-11)16-10/h2,8-10,14H,1,3-7H2/t8-,9+,10-,11-,12?/m1/s1. The van der Waals surface area contributed by atoms with Crippen molar-refractivity contribution in [2.45, 2.75) is 49.1 Å². The maximum absolute atomic E-state index is 10.7. The molecule has 1 aliphatic carbocycles. The van der Waals surface area contributed by atoms with Gasteiger partial charge in [-0.2, -0.15) is 0 Å². The zero-order valence-electron chi connectivity index (χ0n) is 9.19. The molecule has 4 bridgehead atoms. The van der Waals surface area contributed by atoms with E-state index in [0.717, 1.165) is 19.3 Å². The van der Waals surface area contributed by atoms with E-state index in [1.54, 1.807) is 0 Å². The van der Waals surface area contributed by atoms with Crippen LogP contribution in [0.5, 0.6) is 0 Å². The van der Waals surface area contributed by atoms with Crippen LogP contribution in [-0.2, 0) is 9.47 Å². The molecule has 16 heavy (non-hydrogen) atoms. The highest BCUT2D eigenvalue weighted by atomic mass is 35.5. The summed E-state index contributed by atoms with van der Waals surface area (Å²) in [6.07, 6.45) is 4.73. The Morgan fingerprint density at radius 3 is 3.06 bits per heavy atom. The largest absolute Gasteiger partial charge is 0.367 e. The van der Waals surface area contributed by atoms with Crippen LogP contribution >= 0.6 is 11.6 Å². The van der Waals surface area contributed by atoms with Crippen molar-refractivity contribution in [2.24, 2.45) is 5.41 Å². The van der Waals surface area contributed by atoms with Gasteiger partial charge in [0.05, 0.1) is 12.7 Å². The Morgan fingerprint density at radius 2 is 2.31 bits per heavy atom. The SMILES string of the molecule is C=CC[C@]12C[C@H](Cl)C[C@H]3O[C@H](COC31O)C2. The van der Waals surface area contributed by atoms with E-state index in [-0.39, 0.29) is 23.0 Å². The fraction of sp³-hybridized carbons (Fsp3) is 0.833. The van der Waals surface area contributed by atoms with E-state index in [1.165, 1.54) is 0 Å². The number of ether oxygens (including phenoxy) is 2. The van der Waals surface area contributed by atoms with Gasteiger partial charge in [0.25, 0.3) is 0 Å². The Kier molecular flexibility index (Phi) is 2.38. The minimum absolute atomic E-state index is 0.0628. The molecule has 0 aromatic carbocycles. The number of fused-ring (bicyclic) bond motifs is 1. The Labute approximate surface area is 100 Å². The predicted molar refractivity (Wildman–Crippen MR) is 60.3 cm³/mol. The third-order valence-corrected chi connectivity index (χ3v) is 4.61. The summed E-state index contributed by atoms with van der Waals surface area (Å²) in [5.41, 5.74) is -0.286. The lowest BCUT2D eigenvalue weighted by Gasteiger charge is -2.63. The predicted octanol–water partition coefficient (Wildman–Crippen LogP) is 1.83. The van der Waals surface area contributed by atoms with Gasteiger partial charge in [0.2, 0.25) is 0 Å². The molecule has 1 saturated carbocycles. The molecule has 5 atom stereocenters. The minimum Gasteiger partial charge on any atom is -0.367 e. The molecule has 0 aromatic rings. The van der Waals surface area contributed by atoms with Gasteiger partial charge in [0, 0.05) is 10.8 Å². The van der Waals surface area contributed by atoms with Gasteiger partial charge in [-0.05, 0) is 25.7 Å². The summed E-state index contributed by atoms with van der Waals surface area (Å²) in [7, 11) is 0. The van der Waals surface area contributed by atoms with Crippen LogP contribution in [0.2, 0.25) is 0 Å². The van der Waals surface area contributed by atoms with Crippen molar-refractivity contribution in [1.29, 1.82) is 0 Å². The van der Waals surface area contributed by atoms with E-state index < -0.39 is 5.79 Å².